The van der Waals surface area contributed by atoms with Crippen LogP contribution in [-0.4, -0.2) is 20.2 Å². The molecule has 0 aliphatic rings. The van der Waals surface area contributed by atoms with Crippen molar-refractivity contribution in [3.8, 4) is 11.5 Å². The van der Waals surface area contributed by atoms with Gasteiger partial charge in [0, 0.05) is 24.0 Å². The van der Waals surface area contributed by atoms with E-state index in [1.807, 2.05) is 48.5 Å². The number of nitrogens with zero attached hydrogens (tertiary/aromatic N) is 2. The highest BCUT2D eigenvalue weighted by atomic mass is 32.1. The average molecular weight is 405 g/mol. The van der Waals surface area contributed by atoms with E-state index in [2.05, 4.69) is 9.97 Å². The van der Waals surface area contributed by atoms with Crippen molar-refractivity contribution in [2.45, 2.75) is 12.8 Å². The van der Waals surface area contributed by atoms with E-state index in [1.54, 1.807) is 34.8 Å². The Labute approximate surface area is 169 Å². The molecular weight excluding hydrogens is 388 g/mol. The minimum Gasteiger partial charge on any atom is -0.508 e. The van der Waals surface area contributed by atoms with E-state index in [-0.39, 0.29) is 11.5 Å². The molecule has 2 heterocycles. The van der Waals surface area contributed by atoms with Crippen molar-refractivity contribution < 1.29 is 10.2 Å². The maximum Gasteiger partial charge on any atom is 0.119 e. The van der Waals surface area contributed by atoms with E-state index in [1.165, 1.54) is 0 Å². The van der Waals surface area contributed by atoms with Gasteiger partial charge in [-0.2, -0.15) is 0 Å². The molecule has 0 aliphatic carbocycles. The fraction of sp³-hybridized carbons (Fsp3) is 0.0909. The van der Waals surface area contributed by atoms with E-state index in [0.717, 1.165) is 30.4 Å². The van der Waals surface area contributed by atoms with Crippen LogP contribution >= 0.6 is 22.7 Å². The third-order valence-electron chi connectivity index (χ3n) is 4.64. The van der Waals surface area contributed by atoms with Gasteiger partial charge in [0.2, 0.25) is 0 Å². The quantitative estimate of drug-likeness (QED) is 0.388. The molecule has 0 saturated heterocycles. The van der Waals surface area contributed by atoms with Crippen LogP contribution in [0.4, 0.5) is 0 Å². The van der Waals surface area contributed by atoms with Crippen molar-refractivity contribution in [2.75, 3.05) is 0 Å². The van der Waals surface area contributed by atoms with E-state index in [4.69, 9.17) is 0 Å². The van der Waals surface area contributed by atoms with Crippen molar-refractivity contribution in [3.05, 3.63) is 81.8 Å². The molecule has 4 nitrogen and oxygen atoms in total. The Hall–Kier alpha value is -2.96. The molecule has 0 amide bonds. The van der Waals surface area contributed by atoms with Crippen LogP contribution in [0.3, 0.4) is 0 Å². The van der Waals surface area contributed by atoms with Crippen molar-refractivity contribution in [1.82, 2.24) is 9.97 Å². The van der Waals surface area contributed by atoms with Crippen LogP contribution in [0, 0.1) is 0 Å². The van der Waals surface area contributed by atoms with Gasteiger partial charge >= 0.3 is 0 Å². The van der Waals surface area contributed by atoms with Crippen LogP contribution in [0.5, 0.6) is 11.5 Å². The molecule has 0 saturated carbocycles. The van der Waals surface area contributed by atoms with E-state index in [0.29, 0.717) is 24.0 Å². The third-order valence-corrected chi connectivity index (χ3v) is 6.71. The molecule has 2 aromatic heterocycles. The topological polar surface area (TPSA) is 66.2 Å². The van der Waals surface area contributed by atoms with Gasteiger partial charge in [0.15, 0.2) is 0 Å². The van der Waals surface area contributed by atoms with Crippen LogP contribution in [-0.2, 0) is 12.8 Å². The van der Waals surface area contributed by atoms with Gasteiger partial charge in [0.1, 0.15) is 11.5 Å². The zero-order valence-corrected chi connectivity index (χ0v) is 16.4. The average Bonchev–Trinajstić information content (AvgIpc) is 3.28. The largest absolute Gasteiger partial charge is 0.508 e. The number of rotatable bonds is 4. The molecule has 5 aromatic rings. The molecule has 28 heavy (non-hydrogen) atoms. The van der Waals surface area contributed by atoms with Gasteiger partial charge in [-0.3, -0.25) is 0 Å². The summed E-state index contributed by atoms with van der Waals surface area (Å²) in [4.78, 5) is 9.22. The second-order valence-electron chi connectivity index (χ2n) is 6.61. The summed E-state index contributed by atoms with van der Waals surface area (Å²) in [5, 5.41) is 22.9. The number of fused-ring (bicyclic) bond motifs is 2. The highest BCUT2D eigenvalue weighted by molar-refractivity contribution is 7.18. The number of para-hydroxylation sites is 2. The lowest BCUT2D eigenvalue weighted by Gasteiger charge is -2.08. The van der Waals surface area contributed by atoms with Crippen molar-refractivity contribution in [1.29, 1.82) is 0 Å². The normalized spacial score (nSPS) is 11.4. The second kappa shape index (κ2) is 6.89. The lowest BCUT2D eigenvalue weighted by molar-refractivity contribution is 0.450. The summed E-state index contributed by atoms with van der Waals surface area (Å²) in [6.07, 6.45) is 0.973. The minimum atomic E-state index is 0.174. The van der Waals surface area contributed by atoms with Crippen molar-refractivity contribution in [3.63, 3.8) is 0 Å². The third kappa shape index (κ3) is 3.21. The van der Waals surface area contributed by atoms with E-state index in [9.17, 15) is 10.2 Å². The SMILES string of the molecule is Oc1cc(Cc2nc3ccccc3s2)c(O)cc1Cc1nc2ccccc2s1. The standard InChI is InChI=1S/C22H16N2O2S2/c25-17-10-14(12-22-24-16-6-2-4-8-20(16)28-22)18(26)9-13(17)11-21-23-15-5-1-3-7-19(15)27-21/h1-10,25-26H,11-12H2. The zero-order valence-electron chi connectivity index (χ0n) is 14.8. The monoisotopic (exact) mass is 404 g/mol. The molecule has 0 fully saturated rings. The van der Waals surface area contributed by atoms with E-state index >= 15 is 0 Å². The van der Waals surface area contributed by atoms with Crippen molar-refractivity contribution in [2.24, 2.45) is 0 Å². The molecule has 5 rings (SSSR count). The van der Waals surface area contributed by atoms with Crippen LogP contribution in [0.1, 0.15) is 21.1 Å². The molecule has 3 aromatic carbocycles. The molecule has 2 N–H and O–H groups in total. The summed E-state index contributed by atoms with van der Waals surface area (Å²) in [5.41, 5.74) is 3.26. The fourth-order valence-corrected chi connectivity index (χ4v) is 5.24. The summed E-state index contributed by atoms with van der Waals surface area (Å²) >= 11 is 3.21. The van der Waals surface area contributed by atoms with Crippen LogP contribution in [0.25, 0.3) is 20.4 Å². The smallest absolute Gasteiger partial charge is 0.119 e. The first kappa shape index (κ1) is 17.2. The molecule has 0 aliphatic heterocycles. The molecule has 0 spiro atoms. The molecule has 0 radical (unpaired) electrons. The molecular formula is C22H16N2O2S2. The summed E-state index contributed by atoms with van der Waals surface area (Å²) in [6, 6.07) is 19.2. The number of hydrogen-bond acceptors (Lipinski definition) is 6. The fourth-order valence-electron chi connectivity index (χ4n) is 3.26. The van der Waals surface area contributed by atoms with Crippen molar-refractivity contribution >= 4 is 43.1 Å². The Morgan fingerprint density at radius 3 is 1.50 bits per heavy atom. The molecule has 6 heteroatoms. The molecule has 0 unspecified atom stereocenters. The Morgan fingerprint density at radius 2 is 1.07 bits per heavy atom. The van der Waals surface area contributed by atoms with Crippen LogP contribution in [0.2, 0.25) is 0 Å². The maximum atomic E-state index is 10.5. The first-order chi connectivity index (χ1) is 13.7. The van der Waals surface area contributed by atoms with Gasteiger partial charge < -0.3 is 10.2 Å². The Balaban J connectivity index is 1.42. The molecule has 0 atom stereocenters. The second-order valence-corrected chi connectivity index (χ2v) is 8.84. The first-order valence-electron chi connectivity index (χ1n) is 8.88. The highest BCUT2D eigenvalue weighted by Crippen LogP contribution is 2.33. The Bertz CT molecular complexity index is 1140. The number of phenolic OH excluding ortho intramolecular Hbond substituents is 2. The first-order valence-corrected chi connectivity index (χ1v) is 10.5. The molecule has 0 bridgehead atoms. The summed E-state index contributed by atoms with van der Waals surface area (Å²) in [7, 11) is 0. The number of benzene rings is 3. The van der Waals surface area contributed by atoms with Gasteiger partial charge in [-0.25, -0.2) is 9.97 Å². The zero-order chi connectivity index (χ0) is 19.1. The Morgan fingerprint density at radius 1 is 0.643 bits per heavy atom. The number of phenols is 2. The van der Waals surface area contributed by atoms with Crippen LogP contribution < -0.4 is 0 Å². The summed E-state index contributed by atoms with van der Waals surface area (Å²) in [5.74, 6) is 0.348. The van der Waals surface area contributed by atoms with E-state index < -0.39 is 0 Å². The van der Waals surface area contributed by atoms with Gasteiger partial charge in [-0.15, -0.1) is 22.7 Å². The minimum absolute atomic E-state index is 0.174. The maximum absolute atomic E-state index is 10.5. The summed E-state index contributed by atoms with van der Waals surface area (Å²) in [6.45, 7) is 0. The number of thiazole rings is 2. The molecule has 138 valence electrons. The number of hydrogen-bond donors (Lipinski definition) is 2. The predicted molar refractivity (Wildman–Crippen MR) is 115 cm³/mol. The Kier molecular flexibility index (Phi) is 4.22. The summed E-state index contributed by atoms with van der Waals surface area (Å²) < 4.78 is 2.24. The van der Waals surface area contributed by atoms with Gasteiger partial charge in [-0.05, 0) is 36.4 Å². The lowest BCUT2D eigenvalue weighted by atomic mass is 10.0. The van der Waals surface area contributed by atoms with Gasteiger partial charge in [0.25, 0.3) is 0 Å². The number of aromatic hydroxyl groups is 2. The number of aromatic nitrogens is 2. The highest BCUT2D eigenvalue weighted by Gasteiger charge is 2.14. The van der Waals surface area contributed by atoms with Crippen LogP contribution in [0.15, 0.2) is 60.7 Å². The van der Waals surface area contributed by atoms with Gasteiger partial charge in [0.05, 0.1) is 30.4 Å². The lowest BCUT2D eigenvalue weighted by Crippen LogP contribution is -1.93. The van der Waals surface area contributed by atoms with Gasteiger partial charge in [-0.1, -0.05) is 24.3 Å². The predicted octanol–water partition coefficient (Wildman–Crippen LogP) is 5.50.